The second-order valence-corrected chi connectivity index (χ2v) is 6.20. The van der Waals surface area contributed by atoms with Crippen LogP contribution < -0.4 is 10.0 Å². The van der Waals surface area contributed by atoms with Gasteiger partial charge in [-0.3, -0.25) is 0 Å². The lowest BCUT2D eigenvalue weighted by atomic mass is 10.4. The zero-order chi connectivity index (χ0) is 13.7. The third-order valence-corrected chi connectivity index (χ3v) is 4.36. The Hall–Kier alpha value is -1.51. The van der Waals surface area contributed by atoms with Gasteiger partial charge in [-0.05, 0) is 13.0 Å². The predicted molar refractivity (Wildman–Crippen MR) is 74.5 cm³/mol. The van der Waals surface area contributed by atoms with Gasteiger partial charge in [-0.15, -0.1) is 11.3 Å². The summed E-state index contributed by atoms with van der Waals surface area (Å²) in [6, 6.07) is 2.97. The predicted octanol–water partition coefficient (Wildman–Crippen LogP) is 1.45. The summed E-state index contributed by atoms with van der Waals surface area (Å²) in [5, 5.41) is 4.78. The number of hydrogen-bond donors (Lipinski definition) is 2. The number of rotatable bonds is 6. The monoisotopic (exact) mass is 298 g/mol. The van der Waals surface area contributed by atoms with E-state index in [1.165, 1.54) is 29.7 Å². The van der Waals surface area contributed by atoms with E-state index in [4.69, 9.17) is 0 Å². The minimum atomic E-state index is -3.54. The highest BCUT2D eigenvalue weighted by atomic mass is 32.2. The van der Waals surface area contributed by atoms with E-state index in [0.29, 0.717) is 18.1 Å². The van der Waals surface area contributed by atoms with Gasteiger partial charge in [0.25, 0.3) is 0 Å². The minimum absolute atomic E-state index is 0.185. The molecule has 0 unspecified atom stereocenters. The van der Waals surface area contributed by atoms with Crippen LogP contribution in [0.5, 0.6) is 0 Å². The van der Waals surface area contributed by atoms with Crippen LogP contribution in [-0.2, 0) is 16.6 Å². The highest BCUT2D eigenvalue weighted by Gasteiger charge is 2.14. The van der Waals surface area contributed by atoms with Crippen LogP contribution in [-0.4, -0.2) is 24.9 Å². The minimum Gasteiger partial charge on any atom is -0.370 e. The van der Waals surface area contributed by atoms with E-state index in [0.717, 1.165) is 0 Å². The Balaban J connectivity index is 2.12. The van der Waals surface area contributed by atoms with Crippen molar-refractivity contribution in [1.29, 1.82) is 0 Å². The Morgan fingerprint density at radius 3 is 2.89 bits per heavy atom. The van der Waals surface area contributed by atoms with Gasteiger partial charge in [0.2, 0.25) is 10.0 Å². The number of anilines is 1. The molecule has 0 saturated heterocycles. The van der Waals surface area contributed by atoms with Gasteiger partial charge in [0.1, 0.15) is 5.82 Å². The quantitative estimate of drug-likeness (QED) is 0.843. The van der Waals surface area contributed by atoms with Crippen molar-refractivity contribution >= 4 is 27.2 Å². The van der Waals surface area contributed by atoms with Crippen LogP contribution >= 0.6 is 11.3 Å². The third kappa shape index (κ3) is 3.72. The van der Waals surface area contributed by atoms with Crippen molar-refractivity contribution in [3.8, 4) is 0 Å². The summed E-state index contributed by atoms with van der Waals surface area (Å²) in [5.41, 5.74) is 2.37. The van der Waals surface area contributed by atoms with Crippen LogP contribution in [0, 0.1) is 0 Å². The summed E-state index contributed by atoms with van der Waals surface area (Å²) in [7, 11) is -3.54. The van der Waals surface area contributed by atoms with Crippen LogP contribution in [0.4, 0.5) is 5.82 Å². The largest absolute Gasteiger partial charge is 0.370 e. The second kappa shape index (κ2) is 6.09. The van der Waals surface area contributed by atoms with Gasteiger partial charge >= 0.3 is 0 Å². The first-order valence-corrected chi connectivity index (χ1v) is 8.11. The van der Waals surface area contributed by atoms with E-state index in [1.807, 2.05) is 6.92 Å². The van der Waals surface area contributed by atoms with Crippen molar-refractivity contribution in [2.24, 2.45) is 0 Å². The van der Waals surface area contributed by atoms with E-state index in [2.05, 4.69) is 20.0 Å². The van der Waals surface area contributed by atoms with Crippen molar-refractivity contribution < 1.29 is 8.42 Å². The van der Waals surface area contributed by atoms with Crippen LogP contribution in [0.3, 0.4) is 0 Å². The van der Waals surface area contributed by atoms with Gasteiger partial charge in [0.15, 0.2) is 0 Å². The normalized spacial score (nSPS) is 11.4. The van der Waals surface area contributed by atoms with E-state index >= 15 is 0 Å². The fourth-order valence-electron chi connectivity index (χ4n) is 1.43. The summed E-state index contributed by atoms with van der Waals surface area (Å²) in [5.74, 6) is 0.541. The zero-order valence-corrected chi connectivity index (χ0v) is 12.0. The Bertz CT molecular complexity index is 626. The summed E-state index contributed by atoms with van der Waals surface area (Å²) >= 11 is 1.43. The lowest BCUT2D eigenvalue weighted by Crippen LogP contribution is -2.23. The van der Waals surface area contributed by atoms with E-state index < -0.39 is 10.0 Å². The van der Waals surface area contributed by atoms with Crippen molar-refractivity contribution in [1.82, 2.24) is 14.7 Å². The number of thiazole rings is 1. The molecule has 0 aromatic carbocycles. The maximum Gasteiger partial charge on any atom is 0.241 e. The second-order valence-electron chi connectivity index (χ2n) is 3.71. The molecule has 102 valence electrons. The number of sulfonamides is 1. The Labute approximate surface area is 116 Å². The van der Waals surface area contributed by atoms with Crippen molar-refractivity contribution in [3.05, 3.63) is 34.9 Å². The molecule has 2 aromatic rings. The molecule has 0 radical (unpaired) electrons. The van der Waals surface area contributed by atoms with Crippen molar-refractivity contribution in [2.45, 2.75) is 18.4 Å². The molecule has 0 bridgehead atoms. The van der Waals surface area contributed by atoms with Crippen LogP contribution in [0.1, 0.15) is 12.6 Å². The maximum absolute atomic E-state index is 12.1. The van der Waals surface area contributed by atoms with Gasteiger partial charge in [-0.2, -0.15) is 0 Å². The molecule has 0 aliphatic rings. The molecule has 0 aliphatic carbocycles. The highest BCUT2D eigenvalue weighted by Crippen LogP contribution is 2.13. The zero-order valence-electron chi connectivity index (χ0n) is 10.3. The van der Waals surface area contributed by atoms with Gasteiger partial charge in [0, 0.05) is 24.2 Å². The molecule has 19 heavy (non-hydrogen) atoms. The van der Waals surface area contributed by atoms with Crippen molar-refractivity contribution in [2.75, 3.05) is 11.9 Å². The van der Waals surface area contributed by atoms with Crippen LogP contribution in [0.15, 0.2) is 34.1 Å². The van der Waals surface area contributed by atoms with Gasteiger partial charge in [-0.25, -0.2) is 23.1 Å². The maximum atomic E-state index is 12.1. The highest BCUT2D eigenvalue weighted by molar-refractivity contribution is 7.89. The number of nitrogens with one attached hydrogen (secondary N) is 2. The first kappa shape index (κ1) is 13.9. The molecule has 0 fully saturated rings. The standard InChI is InChI=1S/C11H14N4O2S2/c1-2-12-11-5-10(3-4-13-11)19(16,17)15-6-9-7-18-8-14-9/h3-5,7-8,15H,2,6H2,1H3,(H,12,13). The first-order valence-electron chi connectivity index (χ1n) is 5.68. The lowest BCUT2D eigenvalue weighted by molar-refractivity contribution is 0.580. The fourth-order valence-corrected chi connectivity index (χ4v) is 3.00. The Morgan fingerprint density at radius 2 is 2.21 bits per heavy atom. The van der Waals surface area contributed by atoms with E-state index in [-0.39, 0.29) is 11.4 Å². The summed E-state index contributed by atoms with van der Waals surface area (Å²) < 4.78 is 26.7. The molecular formula is C11H14N4O2S2. The number of pyridine rings is 1. The molecule has 0 aliphatic heterocycles. The Kier molecular flexibility index (Phi) is 4.46. The molecule has 8 heteroatoms. The number of aromatic nitrogens is 2. The Morgan fingerprint density at radius 1 is 1.37 bits per heavy atom. The topological polar surface area (TPSA) is 84.0 Å². The van der Waals surface area contributed by atoms with Gasteiger partial charge < -0.3 is 5.32 Å². The number of nitrogens with zero attached hydrogens (tertiary/aromatic N) is 2. The smallest absolute Gasteiger partial charge is 0.241 e. The molecule has 0 atom stereocenters. The summed E-state index contributed by atoms with van der Waals surface area (Å²) in [6.07, 6.45) is 1.47. The van der Waals surface area contributed by atoms with Crippen LogP contribution in [0.25, 0.3) is 0 Å². The van der Waals surface area contributed by atoms with Gasteiger partial charge in [-0.1, -0.05) is 0 Å². The summed E-state index contributed by atoms with van der Waals surface area (Å²) in [6.45, 7) is 2.79. The molecule has 0 saturated carbocycles. The molecule has 2 rings (SSSR count). The molecule has 0 amide bonds. The van der Waals surface area contributed by atoms with Crippen molar-refractivity contribution in [3.63, 3.8) is 0 Å². The molecule has 2 N–H and O–H groups in total. The summed E-state index contributed by atoms with van der Waals surface area (Å²) in [4.78, 5) is 8.25. The fraction of sp³-hybridized carbons (Fsp3) is 0.273. The third-order valence-electron chi connectivity index (χ3n) is 2.33. The molecule has 2 aromatic heterocycles. The molecule has 0 spiro atoms. The van der Waals surface area contributed by atoms with Gasteiger partial charge in [0.05, 0.1) is 22.6 Å². The molecule has 6 nitrogen and oxygen atoms in total. The van der Waals surface area contributed by atoms with Crippen LogP contribution in [0.2, 0.25) is 0 Å². The SMILES string of the molecule is CCNc1cc(S(=O)(=O)NCc2cscn2)ccn1. The average Bonchev–Trinajstić information content (AvgIpc) is 2.90. The first-order chi connectivity index (χ1) is 9.12. The molecular weight excluding hydrogens is 284 g/mol. The average molecular weight is 298 g/mol. The lowest BCUT2D eigenvalue weighted by Gasteiger charge is -2.07. The molecule has 2 heterocycles. The van der Waals surface area contributed by atoms with E-state index in [1.54, 1.807) is 10.9 Å². The number of hydrogen-bond acceptors (Lipinski definition) is 6. The van der Waals surface area contributed by atoms with E-state index in [9.17, 15) is 8.42 Å².